The maximum absolute atomic E-state index is 13.0. The summed E-state index contributed by atoms with van der Waals surface area (Å²) in [6.45, 7) is 3.82. The Hall–Kier alpha value is -2.29. The van der Waals surface area contributed by atoms with E-state index in [2.05, 4.69) is 18.7 Å². The second-order valence-corrected chi connectivity index (χ2v) is 8.03. The third-order valence-electron chi connectivity index (χ3n) is 6.14. The molecule has 2 aromatic rings. The lowest BCUT2D eigenvalue weighted by molar-refractivity contribution is 0.368. The van der Waals surface area contributed by atoms with Crippen LogP contribution in [0.1, 0.15) is 79.2 Å². The van der Waals surface area contributed by atoms with Gasteiger partial charge in [0.15, 0.2) is 0 Å². The van der Waals surface area contributed by atoms with Crippen molar-refractivity contribution in [2.45, 2.75) is 63.2 Å². The average Bonchev–Trinajstić information content (AvgIpc) is 3.52. The molecule has 3 nitrogen and oxygen atoms in total. The molecule has 2 atom stereocenters. The third kappa shape index (κ3) is 3.60. The zero-order chi connectivity index (χ0) is 18.8. The molecule has 142 valence electrons. The van der Waals surface area contributed by atoms with Crippen molar-refractivity contribution in [2.24, 2.45) is 5.92 Å². The molecule has 27 heavy (non-hydrogen) atoms. The Morgan fingerprint density at radius 2 is 1.96 bits per heavy atom. The fourth-order valence-electron chi connectivity index (χ4n) is 4.62. The van der Waals surface area contributed by atoms with E-state index in [1.165, 1.54) is 0 Å². The van der Waals surface area contributed by atoms with Crippen molar-refractivity contribution in [3.63, 3.8) is 0 Å². The van der Waals surface area contributed by atoms with E-state index in [-0.39, 0.29) is 23.2 Å². The molecule has 1 aromatic carbocycles. The first kappa shape index (κ1) is 18.1. The van der Waals surface area contributed by atoms with Crippen LogP contribution in [-0.2, 0) is 6.42 Å². The molecule has 2 unspecified atom stereocenters. The molecule has 1 saturated carbocycles. The predicted molar refractivity (Wildman–Crippen MR) is 107 cm³/mol. The van der Waals surface area contributed by atoms with Gasteiger partial charge in [0.2, 0.25) is 0 Å². The molecule has 0 bridgehead atoms. The molecule has 1 heterocycles. The van der Waals surface area contributed by atoms with Crippen LogP contribution < -0.4 is 5.63 Å². The van der Waals surface area contributed by atoms with Crippen molar-refractivity contribution in [3.05, 3.63) is 75.9 Å². The summed E-state index contributed by atoms with van der Waals surface area (Å²) in [6.07, 6.45) is 9.83. The molecule has 2 aliphatic carbocycles. The van der Waals surface area contributed by atoms with Gasteiger partial charge in [-0.15, -0.1) is 6.58 Å². The van der Waals surface area contributed by atoms with Crippen molar-refractivity contribution >= 4 is 0 Å². The Bertz CT molecular complexity index is 861. The van der Waals surface area contributed by atoms with E-state index in [0.717, 1.165) is 68.3 Å². The van der Waals surface area contributed by atoms with Gasteiger partial charge >= 0.3 is 5.63 Å². The minimum atomic E-state index is -0.350. The van der Waals surface area contributed by atoms with Crippen LogP contribution in [0.3, 0.4) is 0 Å². The van der Waals surface area contributed by atoms with E-state index < -0.39 is 0 Å². The fourth-order valence-corrected chi connectivity index (χ4v) is 4.62. The van der Waals surface area contributed by atoms with Gasteiger partial charge in [0, 0.05) is 17.4 Å². The van der Waals surface area contributed by atoms with Crippen molar-refractivity contribution in [3.8, 4) is 5.75 Å². The monoisotopic (exact) mass is 364 g/mol. The van der Waals surface area contributed by atoms with Crippen LogP contribution in [0.25, 0.3) is 0 Å². The van der Waals surface area contributed by atoms with Gasteiger partial charge in [-0.2, -0.15) is 0 Å². The molecule has 1 fully saturated rings. The number of hydrogen-bond acceptors (Lipinski definition) is 3. The minimum absolute atomic E-state index is 0.0670. The Balaban J connectivity index is 1.82. The summed E-state index contributed by atoms with van der Waals surface area (Å²) in [6, 6.07) is 10.1. The molecular weight excluding hydrogens is 336 g/mol. The highest BCUT2D eigenvalue weighted by Gasteiger charge is 2.39. The zero-order valence-corrected chi connectivity index (χ0v) is 15.8. The Kier molecular flexibility index (Phi) is 5.20. The quantitative estimate of drug-likeness (QED) is 0.531. The van der Waals surface area contributed by atoms with Gasteiger partial charge in [-0.3, -0.25) is 0 Å². The van der Waals surface area contributed by atoms with Gasteiger partial charge in [-0.25, -0.2) is 4.79 Å². The summed E-state index contributed by atoms with van der Waals surface area (Å²) < 4.78 is 5.93. The third-order valence-corrected chi connectivity index (χ3v) is 6.14. The van der Waals surface area contributed by atoms with Crippen molar-refractivity contribution < 1.29 is 9.52 Å². The number of benzene rings is 1. The van der Waals surface area contributed by atoms with Gasteiger partial charge < -0.3 is 9.52 Å². The Morgan fingerprint density at radius 1 is 1.19 bits per heavy atom. The second kappa shape index (κ2) is 7.75. The van der Waals surface area contributed by atoms with Crippen LogP contribution in [0, 0.1) is 5.92 Å². The van der Waals surface area contributed by atoms with Crippen LogP contribution in [0.15, 0.2) is 52.2 Å². The van der Waals surface area contributed by atoms with Crippen molar-refractivity contribution in [2.75, 3.05) is 0 Å². The lowest BCUT2D eigenvalue weighted by Gasteiger charge is -2.21. The maximum Gasteiger partial charge on any atom is 0.343 e. The number of allylic oxidation sites excluding steroid dienone is 1. The first-order valence-corrected chi connectivity index (χ1v) is 10.2. The topological polar surface area (TPSA) is 50.4 Å². The number of aromatic hydroxyl groups is 1. The number of rotatable bonds is 6. The summed E-state index contributed by atoms with van der Waals surface area (Å²) in [5.74, 6) is 1.48. The molecule has 4 rings (SSSR count). The van der Waals surface area contributed by atoms with E-state index in [1.807, 2.05) is 24.3 Å². The molecule has 0 radical (unpaired) electrons. The number of hydrogen-bond donors (Lipinski definition) is 1. The van der Waals surface area contributed by atoms with Gasteiger partial charge in [0.1, 0.15) is 11.5 Å². The highest BCUT2D eigenvalue weighted by Crippen LogP contribution is 2.49. The average molecular weight is 364 g/mol. The highest BCUT2D eigenvalue weighted by molar-refractivity contribution is 5.47. The molecule has 0 amide bonds. The Labute approximate surface area is 160 Å². The summed E-state index contributed by atoms with van der Waals surface area (Å²) in [4.78, 5) is 13.0. The molecule has 2 aliphatic rings. The number of fused-ring (bicyclic) bond motifs is 1. The Morgan fingerprint density at radius 3 is 2.67 bits per heavy atom. The summed E-state index contributed by atoms with van der Waals surface area (Å²) in [5, 5.41) is 11.2. The second-order valence-electron chi connectivity index (χ2n) is 8.03. The zero-order valence-electron chi connectivity index (χ0n) is 15.8. The molecule has 1 N–H and O–H groups in total. The normalized spacial score (nSPS) is 20.5. The fraction of sp³-hybridized carbons (Fsp3) is 0.458. The van der Waals surface area contributed by atoms with Gasteiger partial charge in [-0.1, -0.05) is 42.8 Å². The molecule has 1 aromatic heterocycles. The molecule has 0 spiro atoms. The summed E-state index contributed by atoms with van der Waals surface area (Å²) >= 11 is 0. The molecule has 3 heteroatoms. The van der Waals surface area contributed by atoms with Gasteiger partial charge in [0.05, 0.1) is 5.56 Å². The van der Waals surface area contributed by atoms with Crippen molar-refractivity contribution in [1.29, 1.82) is 0 Å². The SMILES string of the molecule is C=CCCC1CCCCc2c1oc(=O)c(C(c1ccccc1)C1CC1)c2O. The van der Waals surface area contributed by atoms with E-state index >= 15 is 0 Å². The highest BCUT2D eigenvalue weighted by atomic mass is 16.4. The summed E-state index contributed by atoms with van der Waals surface area (Å²) in [7, 11) is 0. The van der Waals surface area contributed by atoms with Crippen LogP contribution in [0.4, 0.5) is 0 Å². The molecular formula is C24H28O3. The van der Waals surface area contributed by atoms with Crippen LogP contribution >= 0.6 is 0 Å². The molecule has 0 aliphatic heterocycles. The van der Waals surface area contributed by atoms with E-state index in [9.17, 15) is 9.90 Å². The maximum atomic E-state index is 13.0. The van der Waals surface area contributed by atoms with E-state index in [0.29, 0.717) is 11.5 Å². The lowest BCUT2D eigenvalue weighted by atomic mass is 9.85. The first-order chi connectivity index (χ1) is 13.2. The van der Waals surface area contributed by atoms with Crippen LogP contribution in [0.5, 0.6) is 5.75 Å². The first-order valence-electron chi connectivity index (χ1n) is 10.2. The van der Waals surface area contributed by atoms with E-state index in [1.54, 1.807) is 0 Å². The van der Waals surface area contributed by atoms with Gasteiger partial charge in [-0.05, 0) is 56.4 Å². The van der Waals surface area contributed by atoms with Crippen LogP contribution in [-0.4, -0.2) is 5.11 Å². The van der Waals surface area contributed by atoms with Crippen molar-refractivity contribution in [1.82, 2.24) is 0 Å². The lowest BCUT2D eigenvalue weighted by Crippen LogP contribution is -2.19. The summed E-state index contributed by atoms with van der Waals surface area (Å²) in [5.41, 5.74) is 2.10. The van der Waals surface area contributed by atoms with E-state index in [4.69, 9.17) is 4.42 Å². The minimum Gasteiger partial charge on any atom is -0.507 e. The van der Waals surface area contributed by atoms with Gasteiger partial charge in [0.25, 0.3) is 0 Å². The standard InChI is InChI=1S/C24H28O3/c1-2-3-9-18-12-7-8-13-19-22(25)21(24(26)27-23(18)19)20(17-14-15-17)16-10-5-4-6-11-16/h2,4-6,10-11,17-18,20,25H,1,3,7-9,12-15H2. The largest absolute Gasteiger partial charge is 0.507 e. The predicted octanol–water partition coefficient (Wildman–Crippen LogP) is 5.66. The molecule has 0 saturated heterocycles. The van der Waals surface area contributed by atoms with Crippen LogP contribution in [0.2, 0.25) is 0 Å². The smallest absolute Gasteiger partial charge is 0.343 e.